The molecule has 1 aliphatic rings. The van der Waals surface area contributed by atoms with Gasteiger partial charge in [0, 0.05) is 19.5 Å². The van der Waals surface area contributed by atoms with Crippen molar-refractivity contribution in [2.75, 3.05) is 26.2 Å². The number of halogens is 1. The van der Waals surface area contributed by atoms with Crippen LogP contribution in [0.2, 0.25) is 0 Å². The molecule has 0 spiro atoms. The summed E-state index contributed by atoms with van der Waals surface area (Å²) in [5.74, 6) is 1.03. The van der Waals surface area contributed by atoms with Crippen LogP contribution < -0.4 is 10.1 Å². The second-order valence-electron chi connectivity index (χ2n) is 5.92. The molecule has 1 saturated heterocycles. The Balaban J connectivity index is 0.00000264. The number of hydrogen-bond donors (Lipinski definition) is 1. The maximum Gasteiger partial charge on any atom is 0.221 e. The lowest BCUT2D eigenvalue weighted by molar-refractivity contribution is -0.121. The fraction of sp³-hybridized carbons (Fsp3) is 0.611. The quantitative estimate of drug-likeness (QED) is 0.788. The molecule has 1 N–H and O–H groups in total. The number of carbonyl (C=O) groups excluding carboxylic acids is 1. The highest BCUT2D eigenvalue weighted by Crippen LogP contribution is 2.12. The van der Waals surface area contributed by atoms with Crippen LogP contribution in [0.15, 0.2) is 24.3 Å². The average molecular weight is 341 g/mol. The second-order valence-corrected chi connectivity index (χ2v) is 5.92. The highest BCUT2D eigenvalue weighted by molar-refractivity contribution is 5.85. The summed E-state index contributed by atoms with van der Waals surface area (Å²) in [6, 6.07) is 7.95. The SMILES string of the molecule is CCCOc1ccc(CNC(=O)CCN2CCCCC2)cc1.Cl. The summed E-state index contributed by atoms with van der Waals surface area (Å²) in [6.45, 7) is 6.60. The van der Waals surface area contributed by atoms with E-state index in [0.717, 1.165) is 44.0 Å². The van der Waals surface area contributed by atoms with E-state index < -0.39 is 0 Å². The van der Waals surface area contributed by atoms with Gasteiger partial charge in [0.1, 0.15) is 5.75 Å². The smallest absolute Gasteiger partial charge is 0.221 e. The molecule has 1 aromatic rings. The first-order valence-electron chi connectivity index (χ1n) is 8.48. The van der Waals surface area contributed by atoms with Gasteiger partial charge in [0.15, 0.2) is 0 Å². The molecule has 0 unspecified atom stereocenters. The third-order valence-electron chi connectivity index (χ3n) is 3.99. The first-order valence-corrected chi connectivity index (χ1v) is 8.48. The Hall–Kier alpha value is -1.26. The predicted octanol–water partition coefficient (Wildman–Crippen LogP) is 3.39. The topological polar surface area (TPSA) is 41.6 Å². The molecular weight excluding hydrogens is 312 g/mol. The van der Waals surface area contributed by atoms with Crippen LogP contribution in [0.5, 0.6) is 5.75 Å². The normalized spacial score (nSPS) is 14.8. The van der Waals surface area contributed by atoms with E-state index in [1.54, 1.807) is 0 Å². The lowest BCUT2D eigenvalue weighted by Crippen LogP contribution is -2.34. The molecule has 0 atom stereocenters. The van der Waals surface area contributed by atoms with Crippen LogP contribution in [0.1, 0.15) is 44.6 Å². The average Bonchev–Trinajstić information content (AvgIpc) is 2.58. The molecule has 0 saturated carbocycles. The van der Waals surface area contributed by atoms with Gasteiger partial charge in [-0.1, -0.05) is 25.5 Å². The van der Waals surface area contributed by atoms with E-state index in [1.165, 1.54) is 19.3 Å². The van der Waals surface area contributed by atoms with E-state index in [0.29, 0.717) is 13.0 Å². The van der Waals surface area contributed by atoms with Crippen LogP contribution >= 0.6 is 12.4 Å². The van der Waals surface area contributed by atoms with Gasteiger partial charge in [-0.25, -0.2) is 0 Å². The molecule has 130 valence electrons. The number of carbonyl (C=O) groups is 1. The summed E-state index contributed by atoms with van der Waals surface area (Å²) >= 11 is 0. The number of hydrogen-bond acceptors (Lipinski definition) is 3. The molecule has 4 nitrogen and oxygen atoms in total. The van der Waals surface area contributed by atoms with Gasteiger partial charge in [-0.15, -0.1) is 12.4 Å². The number of nitrogens with one attached hydrogen (secondary N) is 1. The Morgan fingerprint density at radius 3 is 2.52 bits per heavy atom. The molecule has 1 aliphatic heterocycles. The van der Waals surface area contributed by atoms with Gasteiger partial charge in [-0.3, -0.25) is 4.79 Å². The summed E-state index contributed by atoms with van der Waals surface area (Å²) in [7, 11) is 0. The highest BCUT2D eigenvalue weighted by atomic mass is 35.5. The number of ether oxygens (including phenoxy) is 1. The van der Waals surface area contributed by atoms with Crippen molar-refractivity contribution in [1.82, 2.24) is 10.2 Å². The molecule has 2 rings (SSSR count). The monoisotopic (exact) mass is 340 g/mol. The Kier molecular flexibility index (Phi) is 9.72. The molecule has 0 bridgehead atoms. The third-order valence-corrected chi connectivity index (χ3v) is 3.99. The van der Waals surface area contributed by atoms with Gasteiger partial charge in [0.25, 0.3) is 0 Å². The predicted molar refractivity (Wildman–Crippen MR) is 96.2 cm³/mol. The zero-order chi connectivity index (χ0) is 15.6. The maximum absolute atomic E-state index is 11.9. The van der Waals surface area contributed by atoms with Crippen molar-refractivity contribution in [2.45, 2.75) is 45.6 Å². The Labute approximate surface area is 146 Å². The number of likely N-dealkylation sites (tertiary alicyclic amines) is 1. The van der Waals surface area contributed by atoms with Crippen LogP contribution in [-0.2, 0) is 11.3 Å². The van der Waals surface area contributed by atoms with Crippen molar-refractivity contribution in [2.24, 2.45) is 0 Å². The Morgan fingerprint density at radius 2 is 1.87 bits per heavy atom. The number of nitrogens with zero attached hydrogens (tertiary/aromatic N) is 1. The van der Waals surface area contributed by atoms with Crippen LogP contribution in [0.25, 0.3) is 0 Å². The maximum atomic E-state index is 11.9. The minimum atomic E-state index is 0. The summed E-state index contributed by atoms with van der Waals surface area (Å²) in [6.07, 6.45) is 5.48. The van der Waals surface area contributed by atoms with Crippen molar-refractivity contribution in [3.05, 3.63) is 29.8 Å². The molecule has 5 heteroatoms. The van der Waals surface area contributed by atoms with E-state index in [9.17, 15) is 4.79 Å². The standard InChI is InChI=1S/C18H28N2O2.ClH/c1-2-14-22-17-8-6-16(7-9-17)15-19-18(21)10-13-20-11-4-3-5-12-20;/h6-9H,2-5,10-15H2,1H3,(H,19,21);1H. The van der Waals surface area contributed by atoms with E-state index in [4.69, 9.17) is 4.74 Å². The summed E-state index contributed by atoms with van der Waals surface area (Å²) < 4.78 is 5.55. The lowest BCUT2D eigenvalue weighted by Gasteiger charge is -2.25. The van der Waals surface area contributed by atoms with Crippen molar-refractivity contribution in [3.63, 3.8) is 0 Å². The number of benzene rings is 1. The van der Waals surface area contributed by atoms with E-state index in [1.807, 2.05) is 24.3 Å². The molecule has 1 fully saturated rings. The molecule has 0 aromatic heterocycles. The number of rotatable bonds is 8. The zero-order valence-electron chi connectivity index (χ0n) is 14.1. The fourth-order valence-electron chi connectivity index (χ4n) is 2.66. The van der Waals surface area contributed by atoms with E-state index >= 15 is 0 Å². The van der Waals surface area contributed by atoms with Crippen LogP contribution in [0, 0.1) is 0 Å². The van der Waals surface area contributed by atoms with Gasteiger partial charge in [-0.2, -0.15) is 0 Å². The number of amides is 1. The second kappa shape index (κ2) is 11.3. The van der Waals surface area contributed by atoms with E-state index in [-0.39, 0.29) is 18.3 Å². The van der Waals surface area contributed by atoms with Crippen LogP contribution in [0.4, 0.5) is 0 Å². The highest BCUT2D eigenvalue weighted by Gasteiger charge is 2.11. The van der Waals surface area contributed by atoms with Gasteiger partial charge < -0.3 is 15.0 Å². The molecule has 0 aliphatic carbocycles. The van der Waals surface area contributed by atoms with Crippen molar-refractivity contribution >= 4 is 18.3 Å². The third kappa shape index (κ3) is 7.71. The lowest BCUT2D eigenvalue weighted by atomic mass is 10.1. The first kappa shape index (κ1) is 19.8. The van der Waals surface area contributed by atoms with E-state index in [2.05, 4.69) is 17.1 Å². The van der Waals surface area contributed by atoms with Crippen molar-refractivity contribution < 1.29 is 9.53 Å². The number of piperidine rings is 1. The van der Waals surface area contributed by atoms with Gasteiger partial charge in [-0.05, 0) is 50.0 Å². The zero-order valence-corrected chi connectivity index (χ0v) is 14.9. The first-order chi connectivity index (χ1) is 10.8. The molecule has 1 aromatic carbocycles. The molecule has 23 heavy (non-hydrogen) atoms. The van der Waals surface area contributed by atoms with Crippen molar-refractivity contribution in [3.8, 4) is 5.75 Å². The minimum Gasteiger partial charge on any atom is -0.494 e. The molecular formula is C18H29ClN2O2. The largest absolute Gasteiger partial charge is 0.494 e. The summed E-state index contributed by atoms with van der Waals surface area (Å²) in [5.41, 5.74) is 1.11. The Morgan fingerprint density at radius 1 is 1.17 bits per heavy atom. The molecule has 0 radical (unpaired) electrons. The van der Waals surface area contributed by atoms with Crippen LogP contribution in [0.3, 0.4) is 0 Å². The van der Waals surface area contributed by atoms with Gasteiger partial charge in [0.05, 0.1) is 6.61 Å². The fourth-order valence-corrected chi connectivity index (χ4v) is 2.66. The minimum absolute atomic E-state index is 0. The van der Waals surface area contributed by atoms with Crippen molar-refractivity contribution in [1.29, 1.82) is 0 Å². The molecule has 1 amide bonds. The summed E-state index contributed by atoms with van der Waals surface area (Å²) in [5, 5.41) is 2.99. The summed E-state index contributed by atoms with van der Waals surface area (Å²) in [4.78, 5) is 14.3. The van der Waals surface area contributed by atoms with Gasteiger partial charge in [0.2, 0.25) is 5.91 Å². The molecule has 1 heterocycles. The Bertz CT molecular complexity index is 445. The van der Waals surface area contributed by atoms with Crippen LogP contribution in [-0.4, -0.2) is 37.0 Å². The van der Waals surface area contributed by atoms with Gasteiger partial charge >= 0.3 is 0 Å².